The Bertz CT molecular complexity index is 417. The van der Waals surface area contributed by atoms with Gasteiger partial charge in [-0.25, -0.2) is 4.79 Å². The van der Waals surface area contributed by atoms with Gasteiger partial charge in [-0.3, -0.25) is 0 Å². The van der Waals surface area contributed by atoms with Crippen molar-refractivity contribution in [3.8, 4) is 5.75 Å². The summed E-state index contributed by atoms with van der Waals surface area (Å²) >= 11 is 3.10. The Morgan fingerprint density at radius 2 is 2.13 bits per heavy atom. The zero-order chi connectivity index (χ0) is 11.4. The SMILES string of the molecule is O=C(O)/C(Cc1ccc(O)c(Br)c1)=N/O. The van der Waals surface area contributed by atoms with Gasteiger partial charge in [-0.15, -0.1) is 0 Å². The number of halogens is 1. The van der Waals surface area contributed by atoms with Crippen LogP contribution in [0.5, 0.6) is 5.75 Å². The van der Waals surface area contributed by atoms with E-state index in [4.69, 9.17) is 10.3 Å². The fourth-order valence-corrected chi connectivity index (χ4v) is 1.43. The van der Waals surface area contributed by atoms with Crippen molar-refractivity contribution in [3.63, 3.8) is 0 Å². The van der Waals surface area contributed by atoms with Crippen molar-refractivity contribution >= 4 is 27.6 Å². The second-order valence-electron chi connectivity index (χ2n) is 2.81. The van der Waals surface area contributed by atoms with Crippen LogP contribution in [-0.2, 0) is 11.2 Å². The molecule has 0 aliphatic carbocycles. The third-order valence-corrected chi connectivity index (χ3v) is 2.39. The van der Waals surface area contributed by atoms with Crippen LogP contribution in [0.2, 0.25) is 0 Å². The van der Waals surface area contributed by atoms with Crippen molar-refractivity contribution in [3.05, 3.63) is 28.2 Å². The van der Waals surface area contributed by atoms with Gasteiger partial charge in [-0.05, 0) is 33.6 Å². The van der Waals surface area contributed by atoms with E-state index in [2.05, 4.69) is 21.1 Å². The van der Waals surface area contributed by atoms with Crippen molar-refractivity contribution in [2.24, 2.45) is 5.16 Å². The molecular formula is C9H8BrNO4. The number of carboxylic acids is 1. The zero-order valence-electron chi connectivity index (χ0n) is 7.51. The molecule has 3 N–H and O–H groups in total. The van der Waals surface area contributed by atoms with Crippen LogP contribution in [0.3, 0.4) is 0 Å². The van der Waals surface area contributed by atoms with Crippen molar-refractivity contribution in [2.45, 2.75) is 6.42 Å². The maximum atomic E-state index is 10.5. The lowest BCUT2D eigenvalue weighted by molar-refractivity contribution is -0.129. The van der Waals surface area contributed by atoms with E-state index in [1.165, 1.54) is 6.07 Å². The topological polar surface area (TPSA) is 90.1 Å². The van der Waals surface area contributed by atoms with E-state index in [0.717, 1.165) is 0 Å². The number of aliphatic carboxylic acids is 1. The molecule has 1 aromatic rings. The molecule has 0 bridgehead atoms. The molecule has 0 aliphatic rings. The minimum absolute atomic E-state index is 0.00921. The molecule has 0 atom stereocenters. The highest BCUT2D eigenvalue weighted by atomic mass is 79.9. The number of rotatable bonds is 3. The van der Waals surface area contributed by atoms with Crippen LogP contribution in [0.4, 0.5) is 0 Å². The zero-order valence-corrected chi connectivity index (χ0v) is 9.10. The maximum Gasteiger partial charge on any atom is 0.354 e. The molecule has 0 saturated heterocycles. The lowest BCUT2D eigenvalue weighted by Gasteiger charge is -2.02. The smallest absolute Gasteiger partial charge is 0.354 e. The Hall–Kier alpha value is -1.56. The van der Waals surface area contributed by atoms with E-state index in [9.17, 15) is 9.90 Å². The first-order valence-corrected chi connectivity index (χ1v) is 4.75. The fraction of sp³-hybridized carbons (Fsp3) is 0.111. The van der Waals surface area contributed by atoms with E-state index in [1.807, 2.05) is 0 Å². The van der Waals surface area contributed by atoms with Gasteiger partial charge in [0.1, 0.15) is 5.75 Å². The minimum Gasteiger partial charge on any atom is -0.507 e. The monoisotopic (exact) mass is 273 g/mol. The molecule has 0 amide bonds. The van der Waals surface area contributed by atoms with E-state index in [0.29, 0.717) is 10.0 Å². The molecule has 0 heterocycles. The number of aromatic hydroxyl groups is 1. The number of nitrogens with zero attached hydrogens (tertiary/aromatic N) is 1. The number of hydrogen-bond donors (Lipinski definition) is 3. The van der Waals surface area contributed by atoms with Gasteiger partial charge in [-0.1, -0.05) is 11.2 Å². The molecule has 0 spiro atoms. The summed E-state index contributed by atoms with van der Waals surface area (Å²) in [6.45, 7) is 0. The van der Waals surface area contributed by atoms with Crippen LogP contribution in [0.1, 0.15) is 5.56 Å². The number of phenols is 1. The van der Waals surface area contributed by atoms with Crippen LogP contribution < -0.4 is 0 Å². The molecule has 1 aromatic carbocycles. The van der Waals surface area contributed by atoms with Crippen LogP contribution in [0.25, 0.3) is 0 Å². The summed E-state index contributed by atoms with van der Waals surface area (Å²) in [5.41, 5.74) is 0.266. The lowest BCUT2D eigenvalue weighted by Crippen LogP contribution is -2.15. The number of hydrogen-bond acceptors (Lipinski definition) is 4. The average molecular weight is 274 g/mol. The molecule has 6 heteroatoms. The van der Waals surface area contributed by atoms with E-state index in [-0.39, 0.29) is 17.9 Å². The number of oxime groups is 1. The number of carboxylic acid groups (broad SMARTS) is 1. The largest absolute Gasteiger partial charge is 0.507 e. The van der Waals surface area contributed by atoms with Crippen molar-refractivity contribution in [2.75, 3.05) is 0 Å². The van der Waals surface area contributed by atoms with E-state index in [1.54, 1.807) is 12.1 Å². The highest BCUT2D eigenvalue weighted by molar-refractivity contribution is 9.10. The molecule has 0 fully saturated rings. The standard InChI is InChI=1S/C9H8BrNO4/c10-6-3-5(1-2-8(6)12)4-7(11-15)9(13)14/h1-3,12,15H,4H2,(H,13,14)/b11-7+. The summed E-state index contributed by atoms with van der Waals surface area (Å²) in [4.78, 5) is 10.5. The predicted octanol–water partition coefficient (Wildman–Crippen LogP) is 1.61. The van der Waals surface area contributed by atoms with Gasteiger partial charge < -0.3 is 15.4 Å². The van der Waals surface area contributed by atoms with Crippen molar-refractivity contribution in [1.29, 1.82) is 0 Å². The lowest BCUT2D eigenvalue weighted by atomic mass is 10.1. The summed E-state index contributed by atoms with van der Waals surface area (Å²) in [6, 6.07) is 4.54. The molecule has 0 unspecified atom stereocenters. The molecule has 0 aliphatic heterocycles. The molecule has 80 valence electrons. The van der Waals surface area contributed by atoms with Gasteiger partial charge >= 0.3 is 5.97 Å². The summed E-state index contributed by atoms with van der Waals surface area (Å²) in [6.07, 6.45) is -0.00921. The molecule has 15 heavy (non-hydrogen) atoms. The van der Waals surface area contributed by atoms with Crippen molar-refractivity contribution in [1.82, 2.24) is 0 Å². The molecule has 0 aromatic heterocycles. The molecular weight excluding hydrogens is 266 g/mol. The summed E-state index contributed by atoms with van der Waals surface area (Å²) in [5.74, 6) is -1.21. The normalized spacial score (nSPS) is 11.4. The summed E-state index contributed by atoms with van der Waals surface area (Å²) in [7, 11) is 0. The van der Waals surface area contributed by atoms with Crippen LogP contribution in [0.15, 0.2) is 27.8 Å². The van der Waals surface area contributed by atoms with Gasteiger partial charge in [0, 0.05) is 6.42 Å². The predicted molar refractivity (Wildman–Crippen MR) is 56.4 cm³/mol. The van der Waals surface area contributed by atoms with Gasteiger partial charge in [-0.2, -0.15) is 0 Å². The summed E-state index contributed by atoms with van der Waals surface area (Å²) in [5, 5.41) is 28.9. The Labute approximate surface area is 93.8 Å². The van der Waals surface area contributed by atoms with Gasteiger partial charge in [0.2, 0.25) is 0 Å². The minimum atomic E-state index is -1.28. The molecule has 5 nitrogen and oxygen atoms in total. The van der Waals surface area contributed by atoms with Crippen LogP contribution >= 0.6 is 15.9 Å². The second-order valence-corrected chi connectivity index (χ2v) is 3.67. The van der Waals surface area contributed by atoms with Crippen molar-refractivity contribution < 1.29 is 20.2 Å². The number of benzene rings is 1. The molecule has 0 radical (unpaired) electrons. The van der Waals surface area contributed by atoms with Crippen LogP contribution in [0, 0.1) is 0 Å². The van der Waals surface area contributed by atoms with E-state index >= 15 is 0 Å². The van der Waals surface area contributed by atoms with E-state index < -0.39 is 5.97 Å². The Balaban J connectivity index is 2.90. The quantitative estimate of drug-likeness (QED) is 0.443. The van der Waals surface area contributed by atoms with Gasteiger partial charge in [0.15, 0.2) is 5.71 Å². The first-order valence-electron chi connectivity index (χ1n) is 3.96. The number of phenolic OH excluding ortho intramolecular Hbond substituents is 1. The second kappa shape index (κ2) is 4.79. The summed E-state index contributed by atoms with van der Waals surface area (Å²) < 4.78 is 0.461. The first-order chi connectivity index (χ1) is 7.04. The van der Waals surface area contributed by atoms with Gasteiger partial charge in [0.25, 0.3) is 0 Å². The molecule has 0 saturated carbocycles. The fourth-order valence-electron chi connectivity index (χ4n) is 1.01. The molecule has 1 rings (SSSR count). The average Bonchev–Trinajstić information content (AvgIpc) is 2.19. The highest BCUT2D eigenvalue weighted by Gasteiger charge is 2.11. The third-order valence-electron chi connectivity index (χ3n) is 1.75. The van der Waals surface area contributed by atoms with Crippen LogP contribution in [-0.4, -0.2) is 27.1 Å². The van der Waals surface area contributed by atoms with Gasteiger partial charge in [0.05, 0.1) is 4.47 Å². The third kappa shape index (κ3) is 2.95. The highest BCUT2D eigenvalue weighted by Crippen LogP contribution is 2.24. The number of carbonyl (C=O) groups is 1. The Morgan fingerprint density at radius 3 is 2.60 bits per heavy atom. The first kappa shape index (κ1) is 11.5. The Kier molecular flexibility index (Phi) is 3.68. The Morgan fingerprint density at radius 1 is 1.47 bits per heavy atom. The maximum absolute atomic E-state index is 10.5.